The maximum absolute atomic E-state index is 12.3. The van der Waals surface area contributed by atoms with Crippen LogP contribution < -0.4 is 22.1 Å². The zero-order valence-electron chi connectivity index (χ0n) is 12.5. The average Bonchev–Trinajstić information content (AvgIpc) is 2.49. The number of primary amides is 2. The molecule has 7 heteroatoms. The van der Waals surface area contributed by atoms with E-state index in [0.29, 0.717) is 12.0 Å². The first-order valence-electron chi connectivity index (χ1n) is 7.16. The van der Waals surface area contributed by atoms with Gasteiger partial charge in [-0.25, -0.2) is 4.79 Å². The topological polar surface area (TPSA) is 127 Å². The lowest BCUT2D eigenvalue weighted by molar-refractivity contribution is -0.128. The zero-order chi connectivity index (χ0) is 16.5. The van der Waals surface area contributed by atoms with Gasteiger partial charge in [-0.05, 0) is 12.0 Å². The molecular weight excluding hydrogens is 284 g/mol. The lowest BCUT2D eigenvalue weighted by Gasteiger charge is -2.21. The van der Waals surface area contributed by atoms with Gasteiger partial charge in [0.2, 0.25) is 11.8 Å². The zero-order valence-corrected chi connectivity index (χ0v) is 12.5. The molecule has 1 aromatic carbocycles. The van der Waals surface area contributed by atoms with Gasteiger partial charge in [-0.15, -0.1) is 0 Å². The first-order chi connectivity index (χ1) is 10.5. The van der Waals surface area contributed by atoms with Crippen molar-refractivity contribution in [1.29, 1.82) is 0 Å². The van der Waals surface area contributed by atoms with Crippen molar-refractivity contribution in [2.75, 3.05) is 0 Å². The van der Waals surface area contributed by atoms with Crippen molar-refractivity contribution in [3.05, 3.63) is 35.9 Å². The van der Waals surface area contributed by atoms with Crippen LogP contribution in [0, 0.1) is 0 Å². The first kappa shape index (κ1) is 17.5. The summed E-state index contributed by atoms with van der Waals surface area (Å²) in [6.45, 7) is 1.97. The number of nitrogens with one attached hydrogen (secondary N) is 2. The summed E-state index contributed by atoms with van der Waals surface area (Å²) in [6.07, 6.45) is 2.04. The minimum atomic E-state index is -0.951. The molecule has 0 saturated carbocycles. The van der Waals surface area contributed by atoms with Gasteiger partial charge < -0.3 is 22.1 Å². The van der Waals surface area contributed by atoms with Crippen molar-refractivity contribution < 1.29 is 14.4 Å². The third kappa shape index (κ3) is 5.43. The van der Waals surface area contributed by atoms with E-state index >= 15 is 0 Å². The molecule has 22 heavy (non-hydrogen) atoms. The van der Waals surface area contributed by atoms with Gasteiger partial charge in [0.25, 0.3) is 0 Å². The number of hydrogen-bond donors (Lipinski definition) is 4. The van der Waals surface area contributed by atoms with Crippen LogP contribution in [0.5, 0.6) is 0 Å². The standard InChI is InChI=1S/C15H22N4O3/c1-2-3-9-11(18-15(17)22)14(21)19-12(13(16)20)10-7-5-4-6-8-10/h4-8,11-12H,2-3,9H2,1H3,(H2,16,20)(H,19,21)(H3,17,18,22). The lowest BCUT2D eigenvalue weighted by Crippen LogP contribution is -2.50. The smallest absolute Gasteiger partial charge is 0.312 e. The van der Waals surface area contributed by atoms with Crippen LogP contribution in [0.1, 0.15) is 37.8 Å². The van der Waals surface area contributed by atoms with E-state index in [1.807, 2.05) is 6.92 Å². The Bertz CT molecular complexity index is 519. The predicted molar refractivity (Wildman–Crippen MR) is 82.6 cm³/mol. The highest BCUT2D eigenvalue weighted by Gasteiger charge is 2.25. The highest BCUT2D eigenvalue weighted by atomic mass is 16.2. The number of unbranched alkanes of at least 4 members (excludes halogenated alkanes) is 1. The molecule has 120 valence electrons. The predicted octanol–water partition coefficient (Wildman–Crippen LogP) is 0.556. The summed E-state index contributed by atoms with van der Waals surface area (Å²) < 4.78 is 0. The van der Waals surface area contributed by atoms with E-state index in [2.05, 4.69) is 10.6 Å². The molecule has 0 aliphatic carbocycles. The normalized spacial score (nSPS) is 13.0. The second-order valence-corrected chi connectivity index (χ2v) is 4.96. The van der Waals surface area contributed by atoms with Crippen LogP contribution >= 0.6 is 0 Å². The second-order valence-electron chi connectivity index (χ2n) is 4.96. The van der Waals surface area contributed by atoms with E-state index in [1.54, 1.807) is 30.3 Å². The summed E-state index contributed by atoms with van der Waals surface area (Å²) in [4.78, 5) is 34.9. The molecule has 1 aromatic rings. The molecular formula is C15H22N4O3. The van der Waals surface area contributed by atoms with Crippen molar-refractivity contribution in [3.8, 4) is 0 Å². The van der Waals surface area contributed by atoms with Gasteiger partial charge in [-0.3, -0.25) is 9.59 Å². The van der Waals surface area contributed by atoms with E-state index in [0.717, 1.165) is 12.8 Å². The van der Waals surface area contributed by atoms with E-state index in [4.69, 9.17) is 11.5 Å². The largest absolute Gasteiger partial charge is 0.368 e. The maximum atomic E-state index is 12.3. The average molecular weight is 306 g/mol. The fraction of sp³-hybridized carbons (Fsp3) is 0.400. The molecule has 4 amide bonds. The van der Waals surface area contributed by atoms with Crippen LogP contribution in [0.2, 0.25) is 0 Å². The van der Waals surface area contributed by atoms with Crippen LogP contribution in [0.3, 0.4) is 0 Å². The van der Waals surface area contributed by atoms with E-state index in [-0.39, 0.29) is 0 Å². The quantitative estimate of drug-likeness (QED) is 0.560. The van der Waals surface area contributed by atoms with Crippen LogP contribution in [0.25, 0.3) is 0 Å². The Morgan fingerprint density at radius 1 is 1.09 bits per heavy atom. The van der Waals surface area contributed by atoms with Crippen LogP contribution in [-0.2, 0) is 9.59 Å². The highest BCUT2D eigenvalue weighted by molar-refractivity contribution is 5.91. The molecule has 2 atom stereocenters. The summed E-state index contributed by atoms with van der Waals surface area (Å²) >= 11 is 0. The van der Waals surface area contributed by atoms with E-state index in [1.165, 1.54) is 0 Å². The summed E-state index contributed by atoms with van der Waals surface area (Å²) in [5.74, 6) is -1.16. The number of carbonyl (C=O) groups is 3. The minimum Gasteiger partial charge on any atom is -0.368 e. The molecule has 6 N–H and O–H groups in total. The summed E-state index contributed by atoms with van der Waals surface area (Å²) in [5, 5.41) is 4.95. The number of rotatable bonds is 8. The van der Waals surface area contributed by atoms with Gasteiger partial charge in [0.05, 0.1) is 0 Å². The van der Waals surface area contributed by atoms with E-state index < -0.39 is 29.9 Å². The van der Waals surface area contributed by atoms with Gasteiger partial charge in [0, 0.05) is 0 Å². The third-order valence-electron chi connectivity index (χ3n) is 3.18. The lowest BCUT2D eigenvalue weighted by atomic mass is 10.0. The summed E-state index contributed by atoms with van der Waals surface area (Å²) in [6, 6.07) is 6.14. The van der Waals surface area contributed by atoms with Crippen molar-refractivity contribution in [2.45, 2.75) is 38.3 Å². The molecule has 7 nitrogen and oxygen atoms in total. The fourth-order valence-electron chi connectivity index (χ4n) is 2.06. The number of amides is 4. The maximum Gasteiger partial charge on any atom is 0.312 e. The third-order valence-corrected chi connectivity index (χ3v) is 3.18. The number of nitrogens with two attached hydrogens (primary N) is 2. The Morgan fingerprint density at radius 2 is 1.73 bits per heavy atom. The van der Waals surface area contributed by atoms with Crippen LogP contribution in [-0.4, -0.2) is 23.9 Å². The molecule has 0 bridgehead atoms. The van der Waals surface area contributed by atoms with Gasteiger partial charge in [0.15, 0.2) is 0 Å². The molecule has 0 heterocycles. The summed E-state index contributed by atoms with van der Waals surface area (Å²) in [5.41, 5.74) is 11.0. The van der Waals surface area contributed by atoms with Gasteiger partial charge in [0.1, 0.15) is 12.1 Å². The van der Waals surface area contributed by atoms with Crippen LogP contribution in [0.4, 0.5) is 4.79 Å². The highest BCUT2D eigenvalue weighted by Crippen LogP contribution is 2.13. The van der Waals surface area contributed by atoms with Crippen LogP contribution in [0.15, 0.2) is 30.3 Å². The number of urea groups is 1. The Morgan fingerprint density at radius 3 is 2.23 bits per heavy atom. The molecule has 1 rings (SSSR count). The van der Waals surface area contributed by atoms with Crippen molar-refractivity contribution in [1.82, 2.24) is 10.6 Å². The van der Waals surface area contributed by atoms with Gasteiger partial charge in [-0.1, -0.05) is 50.1 Å². The molecule has 0 radical (unpaired) electrons. The fourth-order valence-corrected chi connectivity index (χ4v) is 2.06. The number of hydrogen-bond acceptors (Lipinski definition) is 3. The van der Waals surface area contributed by atoms with Crippen molar-refractivity contribution in [2.24, 2.45) is 11.5 Å². The summed E-state index contributed by atoms with van der Waals surface area (Å²) in [7, 11) is 0. The Balaban J connectivity index is 2.83. The van der Waals surface area contributed by atoms with Gasteiger partial charge in [-0.2, -0.15) is 0 Å². The molecule has 2 unspecified atom stereocenters. The van der Waals surface area contributed by atoms with Crippen molar-refractivity contribution >= 4 is 17.8 Å². The Kier molecular flexibility index (Phi) is 6.88. The Hall–Kier alpha value is -2.57. The van der Waals surface area contributed by atoms with Gasteiger partial charge >= 0.3 is 6.03 Å². The first-order valence-corrected chi connectivity index (χ1v) is 7.16. The molecule has 0 aliphatic rings. The van der Waals surface area contributed by atoms with E-state index in [9.17, 15) is 14.4 Å². The molecule has 0 spiro atoms. The monoisotopic (exact) mass is 306 g/mol. The minimum absolute atomic E-state index is 0.436. The Labute approximate surface area is 129 Å². The molecule has 0 aromatic heterocycles. The molecule has 0 aliphatic heterocycles. The number of benzene rings is 1. The molecule has 0 saturated heterocycles. The van der Waals surface area contributed by atoms with Crippen molar-refractivity contribution in [3.63, 3.8) is 0 Å². The SMILES string of the molecule is CCCCC(NC(N)=O)C(=O)NC(C(N)=O)c1ccccc1. The number of carbonyl (C=O) groups excluding carboxylic acids is 3. The second kappa shape index (κ2) is 8.66. The molecule has 0 fully saturated rings.